The Kier molecular flexibility index (Phi) is 4.45. The van der Waals surface area contributed by atoms with Crippen molar-refractivity contribution in [3.63, 3.8) is 0 Å². The van der Waals surface area contributed by atoms with E-state index in [0.717, 1.165) is 24.1 Å². The third kappa shape index (κ3) is 3.67. The molecule has 0 spiro atoms. The second kappa shape index (κ2) is 6.50. The normalized spacial score (nSPS) is 15.9. The molecule has 0 bridgehead atoms. The molecule has 1 fully saturated rings. The van der Waals surface area contributed by atoms with Gasteiger partial charge in [-0.25, -0.2) is 0 Å². The van der Waals surface area contributed by atoms with Crippen molar-refractivity contribution in [2.75, 3.05) is 6.54 Å². The SMILES string of the molecule is O=C(NCC1(O)CCC1)c1cccc(OCc2cccs2)c1. The Bertz CT molecular complexity index is 635. The van der Waals surface area contributed by atoms with Crippen molar-refractivity contribution in [1.82, 2.24) is 5.32 Å². The van der Waals surface area contributed by atoms with Crippen molar-refractivity contribution >= 4 is 17.2 Å². The van der Waals surface area contributed by atoms with Crippen LogP contribution in [0.5, 0.6) is 5.75 Å². The van der Waals surface area contributed by atoms with Crippen molar-refractivity contribution in [1.29, 1.82) is 0 Å². The van der Waals surface area contributed by atoms with Gasteiger partial charge in [-0.2, -0.15) is 0 Å². The molecular formula is C17H19NO3S. The molecule has 116 valence electrons. The number of amides is 1. The standard InChI is InChI=1S/C17H19NO3S/c19-16(18-12-17(20)7-3-8-17)13-4-1-5-14(10-13)21-11-15-6-2-9-22-15/h1-2,4-6,9-10,20H,3,7-8,11-12H2,(H,18,19). The van der Waals surface area contributed by atoms with Gasteiger partial charge in [0.1, 0.15) is 12.4 Å². The van der Waals surface area contributed by atoms with Gasteiger partial charge in [-0.3, -0.25) is 4.79 Å². The van der Waals surface area contributed by atoms with E-state index in [0.29, 0.717) is 24.5 Å². The van der Waals surface area contributed by atoms with Crippen LogP contribution in [0.15, 0.2) is 41.8 Å². The first-order chi connectivity index (χ1) is 10.6. The molecule has 1 aromatic carbocycles. The van der Waals surface area contributed by atoms with Gasteiger partial charge < -0.3 is 15.2 Å². The van der Waals surface area contributed by atoms with E-state index >= 15 is 0 Å². The lowest BCUT2D eigenvalue weighted by Gasteiger charge is -2.36. The third-order valence-corrected chi connectivity index (χ3v) is 4.77. The van der Waals surface area contributed by atoms with Gasteiger partial charge in [0, 0.05) is 17.0 Å². The minimum atomic E-state index is -0.705. The zero-order valence-corrected chi connectivity index (χ0v) is 13.1. The van der Waals surface area contributed by atoms with Crippen LogP contribution < -0.4 is 10.1 Å². The minimum absolute atomic E-state index is 0.179. The predicted molar refractivity (Wildman–Crippen MR) is 86.2 cm³/mol. The summed E-state index contributed by atoms with van der Waals surface area (Å²) in [6.07, 6.45) is 2.55. The van der Waals surface area contributed by atoms with Gasteiger partial charge in [0.15, 0.2) is 0 Å². The molecular weight excluding hydrogens is 298 g/mol. The summed E-state index contributed by atoms with van der Waals surface area (Å²) < 4.78 is 5.70. The summed E-state index contributed by atoms with van der Waals surface area (Å²) in [5, 5.41) is 14.8. The Morgan fingerprint density at radius 3 is 2.86 bits per heavy atom. The largest absolute Gasteiger partial charge is 0.488 e. The molecule has 1 aliphatic rings. The highest BCUT2D eigenvalue weighted by Gasteiger charge is 2.34. The molecule has 1 amide bonds. The van der Waals surface area contributed by atoms with Gasteiger partial charge in [-0.15, -0.1) is 11.3 Å². The van der Waals surface area contributed by atoms with Crippen LogP contribution in [-0.4, -0.2) is 23.2 Å². The van der Waals surface area contributed by atoms with Crippen LogP contribution in [-0.2, 0) is 6.61 Å². The fourth-order valence-corrected chi connectivity index (χ4v) is 3.00. The maximum absolute atomic E-state index is 12.1. The lowest BCUT2D eigenvalue weighted by molar-refractivity contribution is -0.0300. The van der Waals surface area contributed by atoms with Gasteiger partial charge in [0.25, 0.3) is 5.91 Å². The Morgan fingerprint density at radius 2 is 2.18 bits per heavy atom. The Morgan fingerprint density at radius 1 is 1.32 bits per heavy atom. The number of hydrogen-bond donors (Lipinski definition) is 2. The fourth-order valence-electron chi connectivity index (χ4n) is 2.38. The minimum Gasteiger partial charge on any atom is -0.488 e. The Labute approximate surface area is 133 Å². The summed E-state index contributed by atoms with van der Waals surface area (Å²) in [7, 11) is 0. The summed E-state index contributed by atoms with van der Waals surface area (Å²) in [5.74, 6) is 0.491. The number of ether oxygens (including phenoxy) is 1. The van der Waals surface area contributed by atoms with Crippen molar-refractivity contribution in [3.05, 3.63) is 52.2 Å². The van der Waals surface area contributed by atoms with E-state index in [1.807, 2.05) is 23.6 Å². The second-order valence-electron chi connectivity index (χ2n) is 5.66. The maximum Gasteiger partial charge on any atom is 0.251 e. The fraction of sp³-hybridized carbons (Fsp3) is 0.353. The average molecular weight is 317 g/mol. The van der Waals surface area contributed by atoms with Crippen molar-refractivity contribution in [2.45, 2.75) is 31.5 Å². The summed E-state index contributed by atoms with van der Waals surface area (Å²) in [5.41, 5.74) is -0.158. The first-order valence-electron chi connectivity index (χ1n) is 7.40. The molecule has 0 radical (unpaired) electrons. The van der Waals surface area contributed by atoms with Crippen LogP contribution >= 0.6 is 11.3 Å². The monoisotopic (exact) mass is 317 g/mol. The van der Waals surface area contributed by atoms with E-state index in [1.165, 1.54) is 0 Å². The zero-order valence-electron chi connectivity index (χ0n) is 12.2. The molecule has 0 atom stereocenters. The molecule has 1 heterocycles. The van der Waals surface area contributed by atoms with E-state index < -0.39 is 5.60 Å². The topological polar surface area (TPSA) is 58.6 Å². The van der Waals surface area contributed by atoms with E-state index in [4.69, 9.17) is 4.74 Å². The molecule has 22 heavy (non-hydrogen) atoms. The van der Waals surface area contributed by atoms with E-state index in [9.17, 15) is 9.90 Å². The smallest absolute Gasteiger partial charge is 0.251 e. The molecule has 4 nitrogen and oxygen atoms in total. The lowest BCUT2D eigenvalue weighted by Crippen LogP contribution is -2.47. The van der Waals surface area contributed by atoms with Crippen LogP contribution in [0, 0.1) is 0 Å². The van der Waals surface area contributed by atoms with Gasteiger partial charge in [-0.1, -0.05) is 12.1 Å². The van der Waals surface area contributed by atoms with Gasteiger partial charge >= 0.3 is 0 Å². The number of hydrogen-bond acceptors (Lipinski definition) is 4. The number of carbonyl (C=O) groups is 1. The van der Waals surface area contributed by atoms with E-state index in [-0.39, 0.29) is 5.91 Å². The molecule has 0 unspecified atom stereocenters. The average Bonchev–Trinajstić information content (AvgIpc) is 3.02. The molecule has 1 aromatic heterocycles. The van der Waals surface area contributed by atoms with Crippen LogP contribution in [0.4, 0.5) is 0 Å². The molecule has 1 aliphatic carbocycles. The lowest BCUT2D eigenvalue weighted by atomic mass is 9.80. The molecule has 2 N–H and O–H groups in total. The van der Waals surface area contributed by atoms with Gasteiger partial charge in [0.2, 0.25) is 0 Å². The Balaban J connectivity index is 1.56. The van der Waals surface area contributed by atoms with E-state index in [1.54, 1.807) is 29.5 Å². The zero-order chi connectivity index (χ0) is 15.4. The van der Waals surface area contributed by atoms with Crippen LogP contribution in [0.25, 0.3) is 0 Å². The summed E-state index contributed by atoms with van der Waals surface area (Å²) >= 11 is 1.64. The maximum atomic E-state index is 12.1. The summed E-state index contributed by atoms with van der Waals surface area (Å²) in [6.45, 7) is 0.814. The number of aliphatic hydroxyl groups is 1. The van der Waals surface area contributed by atoms with Crippen molar-refractivity contribution in [3.8, 4) is 5.75 Å². The molecule has 3 rings (SSSR count). The number of carbonyl (C=O) groups excluding carboxylic acids is 1. The highest BCUT2D eigenvalue weighted by Crippen LogP contribution is 2.30. The quantitative estimate of drug-likeness (QED) is 0.861. The highest BCUT2D eigenvalue weighted by atomic mass is 32.1. The summed E-state index contributed by atoms with van der Waals surface area (Å²) in [6, 6.07) is 11.1. The molecule has 2 aromatic rings. The van der Waals surface area contributed by atoms with Crippen LogP contribution in [0.3, 0.4) is 0 Å². The number of thiophene rings is 1. The van der Waals surface area contributed by atoms with Gasteiger partial charge in [0.05, 0.1) is 5.60 Å². The van der Waals surface area contributed by atoms with E-state index in [2.05, 4.69) is 5.32 Å². The molecule has 0 saturated heterocycles. The van der Waals surface area contributed by atoms with Crippen LogP contribution in [0.1, 0.15) is 34.5 Å². The van der Waals surface area contributed by atoms with Crippen molar-refractivity contribution in [2.24, 2.45) is 0 Å². The Hall–Kier alpha value is -1.85. The first-order valence-corrected chi connectivity index (χ1v) is 8.28. The molecule has 0 aliphatic heterocycles. The molecule has 5 heteroatoms. The van der Waals surface area contributed by atoms with Crippen LogP contribution in [0.2, 0.25) is 0 Å². The van der Waals surface area contributed by atoms with Crippen molar-refractivity contribution < 1.29 is 14.6 Å². The third-order valence-electron chi connectivity index (χ3n) is 3.92. The highest BCUT2D eigenvalue weighted by molar-refractivity contribution is 7.09. The second-order valence-corrected chi connectivity index (χ2v) is 6.69. The number of benzene rings is 1. The molecule has 1 saturated carbocycles. The van der Waals surface area contributed by atoms with Gasteiger partial charge in [-0.05, 0) is 48.9 Å². The first kappa shape index (κ1) is 15.1. The number of rotatable bonds is 6. The summed E-state index contributed by atoms with van der Waals surface area (Å²) in [4.78, 5) is 13.3. The number of nitrogens with one attached hydrogen (secondary N) is 1. The predicted octanol–water partition coefficient (Wildman–Crippen LogP) is 2.97.